The number of ether oxygens (including phenoxy) is 1. The molecule has 1 aromatic carbocycles. The molecule has 1 aromatic rings. The predicted molar refractivity (Wildman–Crippen MR) is 44.2 cm³/mol. The molecule has 13 heavy (non-hydrogen) atoms. The molecule has 0 atom stereocenters. The van der Waals surface area contributed by atoms with Crippen molar-refractivity contribution >= 4 is 0 Å². The Balaban J connectivity index is 3.04. The van der Waals surface area contributed by atoms with Crippen LogP contribution in [0.2, 0.25) is 0 Å². The van der Waals surface area contributed by atoms with Crippen LogP contribution in [0.25, 0.3) is 0 Å². The fourth-order valence-corrected chi connectivity index (χ4v) is 1.04. The molecule has 1 N–H and O–H groups in total. The Hall–Kier alpha value is -1.32. The molecule has 0 aliphatic carbocycles. The second-order valence-corrected chi connectivity index (χ2v) is 2.73. The molecular formula is C9H10F2O2. The summed E-state index contributed by atoms with van der Waals surface area (Å²) in [4.78, 5) is 0. The zero-order valence-corrected chi connectivity index (χ0v) is 7.34. The fourth-order valence-electron chi connectivity index (χ4n) is 1.04. The summed E-state index contributed by atoms with van der Waals surface area (Å²) in [6.07, 6.45) is 0. The first-order valence-electron chi connectivity index (χ1n) is 3.76. The SMILES string of the molecule is Cc1ccc(OC(F)F)c(C)c1O. The van der Waals surface area contributed by atoms with Gasteiger partial charge in [-0.25, -0.2) is 0 Å². The Bertz CT molecular complexity index is 311. The summed E-state index contributed by atoms with van der Waals surface area (Å²) in [5, 5.41) is 9.38. The highest BCUT2D eigenvalue weighted by atomic mass is 19.3. The first-order valence-corrected chi connectivity index (χ1v) is 3.76. The van der Waals surface area contributed by atoms with Crippen LogP contribution >= 0.6 is 0 Å². The summed E-state index contributed by atoms with van der Waals surface area (Å²) in [6.45, 7) is 0.356. The molecule has 0 aromatic heterocycles. The molecule has 0 unspecified atom stereocenters. The maximum Gasteiger partial charge on any atom is 0.387 e. The summed E-state index contributed by atoms with van der Waals surface area (Å²) in [7, 11) is 0. The summed E-state index contributed by atoms with van der Waals surface area (Å²) < 4.78 is 27.8. The first-order chi connectivity index (χ1) is 6.02. The molecule has 0 radical (unpaired) electrons. The number of benzene rings is 1. The summed E-state index contributed by atoms with van der Waals surface area (Å²) in [5.41, 5.74) is 0.972. The number of phenols is 1. The Morgan fingerprint density at radius 1 is 1.31 bits per heavy atom. The first kappa shape index (κ1) is 9.77. The number of aromatic hydroxyl groups is 1. The van der Waals surface area contributed by atoms with Crippen molar-refractivity contribution in [2.75, 3.05) is 0 Å². The van der Waals surface area contributed by atoms with Crippen molar-refractivity contribution in [3.05, 3.63) is 23.3 Å². The molecule has 0 bridgehead atoms. The molecule has 72 valence electrons. The van der Waals surface area contributed by atoms with E-state index in [1.807, 2.05) is 0 Å². The number of halogens is 2. The number of hydrogen-bond donors (Lipinski definition) is 1. The average molecular weight is 188 g/mol. The van der Waals surface area contributed by atoms with Crippen molar-refractivity contribution < 1.29 is 18.6 Å². The third-order valence-corrected chi connectivity index (χ3v) is 1.80. The van der Waals surface area contributed by atoms with E-state index in [-0.39, 0.29) is 11.5 Å². The van der Waals surface area contributed by atoms with E-state index in [1.54, 1.807) is 6.92 Å². The highest BCUT2D eigenvalue weighted by molar-refractivity contribution is 5.47. The molecule has 0 amide bonds. The largest absolute Gasteiger partial charge is 0.507 e. The van der Waals surface area contributed by atoms with Gasteiger partial charge in [-0.15, -0.1) is 0 Å². The van der Waals surface area contributed by atoms with Gasteiger partial charge in [-0.05, 0) is 25.5 Å². The average Bonchev–Trinajstić information content (AvgIpc) is 2.06. The molecule has 0 aliphatic heterocycles. The van der Waals surface area contributed by atoms with E-state index in [1.165, 1.54) is 19.1 Å². The number of hydrogen-bond acceptors (Lipinski definition) is 2. The highest BCUT2D eigenvalue weighted by Gasteiger charge is 2.10. The van der Waals surface area contributed by atoms with E-state index < -0.39 is 6.61 Å². The van der Waals surface area contributed by atoms with Crippen molar-refractivity contribution in [2.24, 2.45) is 0 Å². The van der Waals surface area contributed by atoms with Crippen LogP contribution < -0.4 is 4.74 Å². The van der Waals surface area contributed by atoms with Crippen molar-refractivity contribution in [3.63, 3.8) is 0 Å². The van der Waals surface area contributed by atoms with Crippen LogP contribution in [-0.4, -0.2) is 11.7 Å². The minimum atomic E-state index is -2.86. The van der Waals surface area contributed by atoms with E-state index in [0.717, 1.165) is 0 Å². The number of alkyl halides is 2. The van der Waals surface area contributed by atoms with E-state index in [2.05, 4.69) is 4.74 Å². The molecule has 0 spiro atoms. The quantitative estimate of drug-likeness (QED) is 0.772. The van der Waals surface area contributed by atoms with Gasteiger partial charge in [0.15, 0.2) is 0 Å². The van der Waals surface area contributed by atoms with Crippen LogP contribution in [0.1, 0.15) is 11.1 Å². The van der Waals surface area contributed by atoms with Crippen molar-refractivity contribution in [2.45, 2.75) is 20.5 Å². The van der Waals surface area contributed by atoms with Gasteiger partial charge in [-0.1, -0.05) is 6.07 Å². The lowest BCUT2D eigenvalue weighted by Gasteiger charge is -2.10. The summed E-state index contributed by atoms with van der Waals surface area (Å²) in [5.74, 6) is 0.0104. The topological polar surface area (TPSA) is 29.5 Å². The zero-order valence-electron chi connectivity index (χ0n) is 7.34. The van der Waals surface area contributed by atoms with Gasteiger partial charge in [0, 0.05) is 5.56 Å². The second kappa shape index (κ2) is 3.60. The standard InChI is InChI=1S/C9H10F2O2/c1-5-3-4-7(13-9(10)11)6(2)8(5)12/h3-4,9,12H,1-2H3. The van der Waals surface area contributed by atoms with Gasteiger partial charge in [0.2, 0.25) is 0 Å². The molecular weight excluding hydrogens is 178 g/mol. The highest BCUT2D eigenvalue weighted by Crippen LogP contribution is 2.30. The lowest BCUT2D eigenvalue weighted by Crippen LogP contribution is -2.03. The second-order valence-electron chi connectivity index (χ2n) is 2.73. The summed E-state index contributed by atoms with van der Waals surface area (Å²) >= 11 is 0. The molecule has 0 aliphatic rings. The molecule has 4 heteroatoms. The van der Waals surface area contributed by atoms with Gasteiger partial charge in [0.25, 0.3) is 0 Å². The van der Waals surface area contributed by atoms with E-state index in [9.17, 15) is 13.9 Å². The van der Waals surface area contributed by atoms with Crippen LogP contribution in [0.5, 0.6) is 11.5 Å². The lowest BCUT2D eigenvalue weighted by molar-refractivity contribution is -0.0503. The van der Waals surface area contributed by atoms with Crippen LogP contribution in [0.4, 0.5) is 8.78 Å². The maximum absolute atomic E-state index is 11.8. The lowest BCUT2D eigenvalue weighted by atomic mass is 10.1. The molecule has 2 nitrogen and oxygen atoms in total. The molecule has 1 rings (SSSR count). The van der Waals surface area contributed by atoms with Crippen LogP contribution in [-0.2, 0) is 0 Å². The van der Waals surface area contributed by atoms with Crippen LogP contribution in [0.15, 0.2) is 12.1 Å². The zero-order chi connectivity index (χ0) is 10.0. The Kier molecular flexibility index (Phi) is 2.70. The Morgan fingerprint density at radius 3 is 2.46 bits per heavy atom. The van der Waals surface area contributed by atoms with Gasteiger partial charge in [-0.3, -0.25) is 0 Å². The molecule has 0 fully saturated rings. The predicted octanol–water partition coefficient (Wildman–Crippen LogP) is 2.61. The third-order valence-electron chi connectivity index (χ3n) is 1.80. The minimum Gasteiger partial charge on any atom is -0.507 e. The van der Waals surface area contributed by atoms with E-state index in [4.69, 9.17) is 0 Å². The van der Waals surface area contributed by atoms with Crippen LogP contribution in [0, 0.1) is 13.8 Å². The molecule has 0 saturated carbocycles. The van der Waals surface area contributed by atoms with E-state index in [0.29, 0.717) is 11.1 Å². The Morgan fingerprint density at radius 2 is 1.92 bits per heavy atom. The van der Waals surface area contributed by atoms with E-state index >= 15 is 0 Å². The third kappa shape index (κ3) is 2.08. The maximum atomic E-state index is 11.8. The van der Waals surface area contributed by atoms with Crippen molar-refractivity contribution in [1.29, 1.82) is 0 Å². The monoisotopic (exact) mass is 188 g/mol. The number of aryl methyl sites for hydroxylation is 1. The van der Waals surface area contributed by atoms with Crippen LogP contribution in [0.3, 0.4) is 0 Å². The fraction of sp³-hybridized carbons (Fsp3) is 0.333. The summed E-state index contributed by atoms with van der Waals surface area (Å²) in [6, 6.07) is 2.94. The van der Waals surface area contributed by atoms with Crippen molar-refractivity contribution in [3.8, 4) is 11.5 Å². The van der Waals surface area contributed by atoms with Gasteiger partial charge >= 0.3 is 6.61 Å². The Labute approximate surface area is 74.8 Å². The smallest absolute Gasteiger partial charge is 0.387 e. The van der Waals surface area contributed by atoms with Crippen molar-refractivity contribution in [1.82, 2.24) is 0 Å². The number of rotatable bonds is 2. The van der Waals surface area contributed by atoms with Gasteiger partial charge in [0.05, 0.1) is 0 Å². The molecule has 0 heterocycles. The minimum absolute atomic E-state index is 0.00171. The van der Waals surface area contributed by atoms with Gasteiger partial charge < -0.3 is 9.84 Å². The molecule has 0 saturated heterocycles. The number of phenolic OH excluding ortho intramolecular Hbond substituents is 1. The normalized spacial score (nSPS) is 10.5. The van der Waals surface area contributed by atoms with Gasteiger partial charge in [-0.2, -0.15) is 8.78 Å². The van der Waals surface area contributed by atoms with Gasteiger partial charge in [0.1, 0.15) is 11.5 Å².